The highest BCUT2D eigenvalue weighted by atomic mass is 31.2. The summed E-state index contributed by atoms with van der Waals surface area (Å²) in [4.78, 5) is 160. The molecular formula is C75H91N9O31P2. The number of aliphatic carboxylic acids is 1. The third kappa shape index (κ3) is 26.9. The smallest absolute Gasteiger partial charge is 0.356 e. The van der Waals surface area contributed by atoms with Crippen LogP contribution >= 0.6 is 15.2 Å². The van der Waals surface area contributed by atoms with Crippen LogP contribution in [0.1, 0.15) is 142 Å². The molecule has 0 radical (unpaired) electrons. The van der Waals surface area contributed by atoms with Gasteiger partial charge in [-0.25, -0.2) is 38.4 Å². The van der Waals surface area contributed by atoms with Gasteiger partial charge in [0, 0.05) is 44.8 Å². The Bertz CT molecular complexity index is 4760. The zero-order valence-corrected chi connectivity index (χ0v) is 65.5. The molecule has 3 amide bonds. The number of amides is 3. The zero-order valence-electron chi connectivity index (χ0n) is 63.7. The molecule has 3 aliphatic heterocycles. The van der Waals surface area contributed by atoms with Gasteiger partial charge in [0.1, 0.15) is 36.0 Å². The van der Waals surface area contributed by atoms with E-state index < -0.39 is 155 Å². The van der Waals surface area contributed by atoms with E-state index in [-0.39, 0.29) is 111 Å². The number of anilines is 3. The van der Waals surface area contributed by atoms with Crippen molar-refractivity contribution >= 4 is 86.2 Å². The summed E-state index contributed by atoms with van der Waals surface area (Å²) in [7, 11) is -6.70. The molecule has 6 heterocycles. The van der Waals surface area contributed by atoms with Crippen LogP contribution in [0.4, 0.5) is 17.5 Å². The fraction of sp³-hybridized carbons (Fsp3) is 0.400. The monoisotopic (exact) mass is 1680 g/mol. The number of hydrogen-bond acceptors (Lipinski definition) is 33. The Morgan fingerprint density at radius 2 is 0.744 bits per heavy atom. The number of aromatic nitrogens is 6. The molecule has 42 heteroatoms. The molecule has 40 nitrogen and oxygen atoms in total. The quantitative estimate of drug-likeness (QED) is 0.0134. The van der Waals surface area contributed by atoms with E-state index in [9.17, 15) is 82.0 Å². The third-order valence-electron chi connectivity index (χ3n) is 16.0. The van der Waals surface area contributed by atoms with Gasteiger partial charge in [0.15, 0.2) is 55.7 Å². The number of carbonyl (C=O) groups excluding carboxylic acids is 8. The molecule has 0 saturated carbocycles. The topological polar surface area (TPSA) is 529 Å². The standard InChI is InChI=1S/C27H25N3O9.C26H23N3O9.C16H26N3O9P.C5H13O4P.CH4/c1-3-20(32)28-19-14-15-30(27(35)29-19)23-21(37-24(33)17-10-6-4-7-11-17)22(26(39-23)36-16(2)31)38-25(34)18-12-8-5-9-13-18;1-2-18(30)27-17-13-14-29(26(35)28-17)22-20(38-25(34)16-11-7-4-8-12-16)19(21(36-22)23(31)32)37-24(33)15-9-5-3-6-10-15;1-4-11(20)17-10-7-8-19(16(23)18-10)14-12(21)13(22)15(28-14)25-9-29(24,26-5-2)27-6-3;1-3-8-10(7,5-6)9-4-2;/h4-15,21-23,26H,3H2,1-2H3,(H,28,29,32,35);3-14,19-22H,2H2,1H3,(H,31,32)(H,27,28,30,35);7-8,12-15,21-22H,4-6,9H2,1-3H3,(H,17,18,20,23);6H,3-5H2,1-2H3;1H4/t21-,22-,23+,26?;19-,20-,21-,22+;12-,13-,14+,15-;;/m000../s1. The molecule has 0 bridgehead atoms. The Hall–Kier alpha value is -11.2. The van der Waals surface area contributed by atoms with Crippen molar-refractivity contribution in [2.75, 3.05) is 55.1 Å². The lowest BCUT2D eigenvalue weighted by Gasteiger charge is -2.24. The van der Waals surface area contributed by atoms with Crippen molar-refractivity contribution < 1.29 is 133 Å². The first kappa shape index (κ1) is 94.6. The highest BCUT2D eigenvalue weighted by Crippen LogP contribution is 2.49. The highest BCUT2D eigenvalue weighted by molar-refractivity contribution is 7.53. The molecule has 3 saturated heterocycles. The number of benzene rings is 4. The Morgan fingerprint density at radius 3 is 1.07 bits per heavy atom. The van der Waals surface area contributed by atoms with Crippen molar-refractivity contribution in [3.8, 4) is 0 Å². The zero-order chi connectivity index (χ0) is 84.8. The van der Waals surface area contributed by atoms with Crippen LogP contribution in [-0.4, -0.2) is 197 Å². The molecule has 0 aliphatic carbocycles. The van der Waals surface area contributed by atoms with E-state index in [2.05, 4.69) is 30.9 Å². The van der Waals surface area contributed by atoms with Gasteiger partial charge < -0.3 is 97.1 Å². The van der Waals surface area contributed by atoms with Gasteiger partial charge in [-0.1, -0.05) is 101 Å². The van der Waals surface area contributed by atoms with Gasteiger partial charge in [-0.05, 0) is 94.4 Å². The van der Waals surface area contributed by atoms with Gasteiger partial charge in [-0.3, -0.25) is 42.0 Å². The summed E-state index contributed by atoms with van der Waals surface area (Å²) in [5, 5.41) is 46.2. The van der Waals surface area contributed by atoms with E-state index in [1.807, 2.05) is 0 Å². The molecular weight excluding hydrogens is 1580 g/mol. The van der Waals surface area contributed by atoms with Crippen LogP contribution in [-0.2, 0) is 93.8 Å². The van der Waals surface area contributed by atoms with Crippen molar-refractivity contribution in [3.63, 3.8) is 0 Å². The maximum absolute atomic E-state index is 13.0. The first-order chi connectivity index (χ1) is 55.5. The summed E-state index contributed by atoms with van der Waals surface area (Å²) in [6.45, 7) is 13.5. The second-order valence-electron chi connectivity index (χ2n) is 24.2. The fourth-order valence-corrected chi connectivity index (χ4v) is 13.0. The van der Waals surface area contributed by atoms with Crippen molar-refractivity contribution in [1.82, 2.24) is 28.7 Å². The molecule has 12 atom stereocenters. The Labute approximate surface area is 668 Å². The molecule has 3 aliphatic rings. The molecule has 10 rings (SSSR count). The number of hydrogen-bond donors (Lipinski definition) is 7. The van der Waals surface area contributed by atoms with E-state index >= 15 is 0 Å². The summed E-state index contributed by atoms with van der Waals surface area (Å²) < 4.78 is 95.8. The number of nitrogens with one attached hydrogen (secondary N) is 3. The molecule has 7 aromatic rings. The Balaban J connectivity index is 0.000000258. The number of carboxylic acid groups (broad SMARTS) is 1. The number of aliphatic hydroxyl groups is 3. The van der Waals surface area contributed by atoms with Gasteiger partial charge in [-0.15, -0.1) is 0 Å². The van der Waals surface area contributed by atoms with Crippen molar-refractivity contribution in [2.24, 2.45) is 0 Å². The molecule has 7 N–H and O–H groups in total. The molecule has 4 aromatic carbocycles. The molecule has 0 spiro atoms. The van der Waals surface area contributed by atoms with Crippen LogP contribution in [0.2, 0.25) is 0 Å². The number of ether oxygens (including phenoxy) is 9. The van der Waals surface area contributed by atoms with Crippen molar-refractivity contribution in [1.29, 1.82) is 0 Å². The van der Waals surface area contributed by atoms with E-state index in [1.54, 1.807) is 121 Å². The number of nitrogens with zero attached hydrogens (tertiary/aromatic N) is 6. The van der Waals surface area contributed by atoms with Crippen LogP contribution in [0, 0.1) is 0 Å². The number of carbonyl (C=O) groups is 9. The van der Waals surface area contributed by atoms with Gasteiger partial charge in [-0.2, -0.15) is 15.0 Å². The van der Waals surface area contributed by atoms with E-state index in [1.165, 1.54) is 85.3 Å². The molecule has 632 valence electrons. The molecule has 3 fully saturated rings. The van der Waals surface area contributed by atoms with Crippen LogP contribution in [0.25, 0.3) is 0 Å². The normalized spacial score (nSPS) is 20.4. The summed E-state index contributed by atoms with van der Waals surface area (Å²) in [5.74, 6) is -6.63. The minimum absolute atomic E-state index is 0. The number of esters is 5. The van der Waals surface area contributed by atoms with E-state index in [4.69, 9.17) is 65.8 Å². The van der Waals surface area contributed by atoms with E-state index in [0.717, 1.165) is 20.6 Å². The van der Waals surface area contributed by atoms with Crippen LogP contribution in [0.15, 0.2) is 173 Å². The number of aliphatic hydroxyl groups excluding tert-OH is 3. The predicted octanol–water partition coefficient (Wildman–Crippen LogP) is 6.73. The fourth-order valence-electron chi connectivity index (χ4n) is 10.6. The summed E-state index contributed by atoms with van der Waals surface area (Å²) in [6.07, 6.45) is -14.8. The van der Waals surface area contributed by atoms with Gasteiger partial charge in [0.05, 0.1) is 48.7 Å². The van der Waals surface area contributed by atoms with Crippen LogP contribution in [0.5, 0.6) is 0 Å². The largest absolute Gasteiger partial charge is 0.479 e. The lowest BCUT2D eigenvalue weighted by atomic mass is 10.1. The number of carboxylic acids is 1. The summed E-state index contributed by atoms with van der Waals surface area (Å²) in [6, 6.07) is 35.6. The average Bonchev–Trinajstić information content (AvgIpc) is 1.64. The third-order valence-corrected chi connectivity index (χ3v) is 19.4. The van der Waals surface area contributed by atoms with Crippen LogP contribution < -0.4 is 33.0 Å². The SMILES string of the molecule is C.CCC(=O)Nc1ccn([C@@H]2OC(OC(C)=O)[C@@H](OC(=O)c3ccccc3)[C@@H]2OC(=O)c2ccccc2)c(=O)n1.CCC(=O)Nc1ccn([C@@H]2O[C@H](C(=O)O)[C@@H](OC(=O)c3ccccc3)[C@@H]2OC(=O)c2ccccc2)c(=O)n1.CCOP(=O)(CO)OCC.CCOP(=O)(CO[C@H]1O[C@@H](n2ccc(NC(=O)CC)nc2=O)[C@@H](O)[C@@H]1O)OCC. The molecule has 117 heavy (non-hydrogen) atoms. The highest BCUT2D eigenvalue weighted by Gasteiger charge is 2.56. The minimum atomic E-state index is -3.56. The number of rotatable bonds is 31. The Kier molecular flexibility index (Phi) is 37.1. The van der Waals surface area contributed by atoms with Crippen LogP contribution in [0.3, 0.4) is 0 Å². The van der Waals surface area contributed by atoms with Gasteiger partial charge in [0.2, 0.25) is 30.1 Å². The lowest BCUT2D eigenvalue weighted by Crippen LogP contribution is -2.43. The maximum atomic E-state index is 13.0. The van der Waals surface area contributed by atoms with Crippen molar-refractivity contribution in [2.45, 2.75) is 156 Å². The average molecular weight is 1680 g/mol. The molecule has 3 aromatic heterocycles. The van der Waals surface area contributed by atoms with Crippen molar-refractivity contribution in [3.05, 3.63) is 212 Å². The van der Waals surface area contributed by atoms with E-state index in [0.29, 0.717) is 0 Å². The first-order valence-electron chi connectivity index (χ1n) is 35.9. The Morgan fingerprint density at radius 1 is 0.427 bits per heavy atom. The maximum Gasteiger partial charge on any atom is 0.356 e. The van der Waals surface area contributed by atoms with Gasteiger partial charge in [0.25, 0.3) is 0 Å². The first-order valence-corrected chi connectivity index (χ1v) is 39.4. The lowest BCUT2D eigenvalue weighted by molar-refractivity contribution is -0.191. The predicted molar refractivity (Wildman–Crippen MR) is 409 cm³/mol. The molecule has 1 unspecified atom stereocenters. The minimum Gasteiger partial charge on any atom is -0.479 e. The second kappa shape index (κ2) is 45.9. The second-order valence-corrected chi connectivity index (χ2v) is 28.2. The summed E-state index contributed by atoms with van der Waals surface area (Å²) in [5.41, 5.74) is -1.97. The van der Waals surface area contributed by atoms with Gasteiger partial charge >= 0.3 is 68.1 Å². The summed E-state index contributed by atoms with van der Waals surface area (Å²) >= 11 is 0.